The lowest BCUT2D eigenvalue weighted by atomic mass is 9.78. The first-order valence-corrected chi connectivity index (χ1v) is 10.2. The summed E-state index contributed by atoms with van der Waals surface area (Å²) in [5.74, 6) is 2.28. The standard InChI is InChI=1S/C25H32O2/c1-17(2)18-11-12-21-22(15-18)26-14-13-25(27-21)16-24(25,6)20-10-8-7-9-19(20)23(3,4)5/h7-12,15,17H,13-14,16H2,1-6H3. The minimum Gasteiger partial charge on any atom is -0.490 e. The highest BCUT2D eigenvalue weighted by molar-refractivity contribution is 5.51. The number of rotatable bonds is 2. The van der Waals surface area contributed by atoms with Gasteiger partial charge in [-0.15, -0.1) is 0 Å². The third kappa shape index (κ3) is 2.94. The number of hydrogen-bond acceptors (Lipinski definition) is 2. The van der Waals surface area contributed by atoms with Crippen LogP contribution in [0, 0.1) is 0 Å². The van der Waals surface area contributed by atoms with E-state index in [2.05, 4.69) is 84.0 Å². The average molecular weight is 365 g/mol. The number of benzene rings is 2. The van der Waals surface area contributed by atoms with Gasteiger partial charge < -0.3 is 9.47 Å². The maximum absolute atomic E-state index is 6.70. The topological polar surface area (TPSA) is 18.5 Å². The molecule has 1 heterocycles. The Morgan fingerprint density at radius 2 is 1.74 bits per heavy atom. The van der Waals surface area contributed by atoms with Crippen molar-refractivity contribution in [2.45, 2.75) is 76.7 Å². The van der Waals surface area contributed by atoms with Gasteiger partial charge in [-0.1, -0.05) is 71.9 Å². The highest BCUT2D eigenvalue weighted by atomic mass is 16.6. The van der Waals surface area contributed by atoms with Crippen molar-refractivity contribution in [3.8, 4) is 11.5 Å². The van der Waals surface area contributed by atoms with Crippen molar-refractivity contribution >= 4 is 0 Å². The molecule has 2 unspecified atom stereocenters. The second-order valence-corrected chi connectivity index (χ2v) is 9.86. The van der Waals surface area contributed by atoms with Crippen molar-refractivity contribution in [3.63, 3.8) is 0 Å². The van der Waals surface area contributed by atoms with Crippen LogP contribution in [0.15, 0.2) is 42.5 Å². The SMILES string of the molecule is CC(C)c1ccc2c(c1)OCCC1(CC1(C)c1ccccc1C(C)(C)C)O2. The van der Waals surface area contributed by atoms with Gasteiger partial charge in [0.25, 0.3) is 0 Å². The van der Waals surface area contributed by atoms with Crippen LogP contribution >= 0.6 is 0 Å². The minimum absolute atomic E-state index is 0.0264. The Bertz CT molecular complexity index is 861. The lowest BCUT2D eigenvalue weighted by Crippen LogP contribution is -2.31. The van der Waals surface area contributed by atoms with Crippen LogP contribution in [0.3, 0.4) is 0 Å². The molecule has 2 heteroatoms. The Balaban J connectivity index is 1.71. The van der Waals surface area contributed by atoms with E-state index in [1.807, 2.05) is 0 Å². The summed E-state index contributed by atoms with van der Waals surface area (Å²) in [6, 6.07) is 15.3. The van der Waals surface area contributed by atoms with Crippen LogP contribution < -0.4 is 9.47 Å². The molecule has 144 valence electrons. The lowest BCUT2D eigenvalue weighted by molar-refractivity contribution is 0.143. The minimum atomic E-state index is -0.168. The van der Waals surface area contributed by atoms with E-state index in [1.165, 1.54) is 16.7 Å². The molecule has 27 heavy (non-hydrogen) atoms. The molecule has 1 spiro atoms. The summed E-state index contributed by atoms with van der Waals surface area (Å²) in [6.07, 6.45) is 1.97. The fraction of sp³-hybridized carbons (Fsp3) is 0.520. The summed E-state index contributed by atoms with van der Waals surface area (Å²) < 4.78 is 12.8. The zero-order valence-corrected chi connectivity index (χ0v) is 17.6. The van der Waals surface area contributed by atoms with Crippen LogP contribution in [0.5, 0.6) is 11.5 Å². The molecule has 2 nitrogen and oxygen atoms in total. The molecule has 1 saturated carbocycles. The van der Waals surface area contributed by atoms with E-state index < -0.39 is 0 Å². The molecule has 0 saturated heterocycles. The summed E-state index contributed by atoms with van der Waals surface area (Å²) >= 11 is 0. The molecule has 4 rings (SSSR count). The van der Waals surface area contributed by atoms with E-state index >= 15 is 0 Å². The molecule has 0 N–H and O–H groups in total. The zero-order chi connectivity index (χ0) is 19.4. The Kier molecular flexibility index (Phi) is 4.10. The second kappa shape index (κ2) is 6.02. The first-order valence-electron chi connectivity index (χ1n) is 10.2. The van der Waals surface area contributed by atoms with Gasteiger partial charge >= 0.3 is 0 Å². The monoisotopic (exact) mass is 364 g/mol. The van der Waals surface area contributed by atoms with E-state index in [0.29, 0.717) is 12.5 Å². The van der Waals surface area contributed by atoms with Gasteiger partial charge in [-0.2, -0.15) is 0 Å². The summed E-state index contributed by atoms with van der Waals surface area (Å²) in [5, 5.41) is 0. The van der Waals surface area contributed by atoms with Crippen molar-refractivity contribution in [1.29, 1.82) is 0 Å². The molecule has 1 aliphatic carbocycles. The molecule has 0 radical (unpaired) electrons. The maximum Gasteiger partial charge on any atom is 0.162 e. The average Bonchev–Trinajstić information content (AvgIpc) is 3.25. The predicted molar refractivity (Wildman–Crippen MR) is 111 cm³/mol. The molecular weight excluding hydrogens is 332 g/mol. The first kappa shape index (κ1) is 18.4. The van der Waals surface area contributed by atoms with E-state index in [4.69, 9.17) is 9.47 Å². The Morgan fingerprint density at radius 1 is 1.00 bits per heavy atom. The molecule has 2 aliphatic rings. The molecule has 0 amide bonds. The largest absolute Gasteiger partial charge is 0.490 e. The van der Waals surface area contributed by atoms with Gasteiger partial charge in [-0.25, -0.2) is 0 Å². The predicted octanol–water partition coefficient (Wildman–Crippen LogP) is 6.37. The summed E-state index contributed by atoms with van der Waals surface area (Å²) in [6.45, 7) is 14.4. The fourth-order valence-electron chi connectivity index (χ4n) is 4.67. The van der Waals surface area contributed by atoms with Gasteiger partial charge in [0.15, 0.2) is 11.5 Å². The summed E-state index contributed by atoms with van der Waals surface area (Å²) in [4.78, 5) is 0. The fourth-order valence-corrected chi connectivity index (χ4v) is 4.67. The van der Waals surface area contributed by atoms with Crippen molar-refractivity contribution in [2.24, 2.45) is 0 Å². The van der Waals surface area contributed by atoms with Crippen molar-refractivity contribution in [2.75, 3.05) is 6.61 Å². The van der Waals surface area contributed by atoms with Crippen molar-refractivity contribution in [1.82, 2.24) is 0 Å². The van der Waals surface area contributed by atoms with Crippen LogP contribution in [0.2, 0.25) is 0 Å². The molecule has 1 fully saturated rings. The number of ether oxygens (including phenoxy) is 2. The molecular formula is C25H32O2. The highest BCUT2D eigenvalue weighted by Gasteiger charge is 2.68. The van der Waals surface area contributed by atoms with Crippen molar-refractivity contribution < 1.29 is 9.47 Å². The first-order chi connectivity index (χ1) is 12.7. The number of fused-ring (bicyclic) bond motifs is 1. The smallest absolute Gasteiger partial charge is 0.162 e. The third-order valence-corrected chi connectivity index (χ3v) is 6.55. The zero-order valence-electron chi connectivity index (χ0n) is 17.6. The quantitative estimate of drug-likeness (QED) is 0.616. The van der Waals surface area contributed by atoms with E-state index in [1.54, 1.807) is 0 Å². The van der Waals surface area contributed by atoms with Gasteiger partial charge in [0.1, 0.15) is 5.60 Å². The molecule has 0 aromatic heterocycles. The summed E-state index contributed by atoms with van der Waals surface area (Å²) in [5.41, 5.74) is 4.13. The molecule has 1 aliphatic heterocycles. The molecule has 0 bridgehead atoms. The van der Waals surface area contributed by atoms with Crippen LogP contribution in [0.25, 0.3) is 0 Å². The van der Waals surface area contributed by atoms with Crippen LogP contribution in [0.1, 0.15) is 77.0 Å². The normalized spacial score (nSPS) is 26.9. The lowest BCUT2D eigenvalue weighted by Gasteiger charge is -2.29. The van der Waals surface area contributed by atoms with Gasteiger partial charge in [-0.3, -0.25) is 0 Å². The molecule has 2 atom stereocenters. The molecule has 2 aromatic rings. The van der Waals surface area contributed by atoms with Crippen LogP contribution in [0.4, 0.5) is 0 Å². The number of hydrogen-bond donors (Lipinski definition) is 0. The maximum atomic E-state index is 6.70. The Hall–Kier alpha value is -1.96. The van der Waals surface area contributed by atoms with Gasteiger partial charge in [0, 0.05) is 18.3 Å². The van der Waals surface area contributed by atoms with Crippen molar-refractivity contribution in [3.05, 3.63) is 59.2 Å². The second-order valence-electron chi connectivity index (χ2n) is 9.86. The summed E-state index contributed by atoms with van der Waals surface area (Å²) in [7, 11) is 0. The van der Waals surface area contributed by atoms with E-state index in [0.717, 1.165) is 24.3 Å². The van der Waals surface area contributed by atoms with Gasteiger partial charge in [-0.05, 0) is 40.2 Å². The van der Waals surface area contributed by atoms with E-state index in [-0.39, 0.29) is 16.4 Å². The highest BCUT2D eigenvalue weighted by Crippen LogP contribution is 2.64. The van der Waals surface area contributed by atoms with E-state index in [9.17, 15) is 0 Å². The Labute approximate surface area is 163 Å². The van der Waals surface area contributed by atoms with Gasteiger partial charge in [0.2, 0.25) is 0 Å². The molecule has 2 aromatic carbocycles. The van der Waals surface area contributed by atoms with Crippen LogP contribution in [-0.4, -0.2) is 12.2 Å². The Morgan fingerprint density at radius 3 is 2.44 bits per heavy atom. The van der Waals surface area contributed by atoms with Crippen LogP contribution in [-0.2, 0) is 10.8 Å². The third-order valence-electron chi connectivity index (χ3n) is 6.55. The van der Waals surface area contributed by atoms with Gasteiger partial charge in [0.05, 0.1) is 6.61 Å².